The quantitative estimate of drug-likeness (QED) is 0.434. The Kier molecular flexibility index (Phi) is 10.2. The lowest BCUT2D eigenvalue weighted by Crippen LogP contribution is -2.41. The first-order chi connectivity index (χ1) is 13.5. The topological polar surface area (TPSA) is 112 Å². The van der Waals surface area contributed by atoms with Crippen molar-refractivity contribution in [3.05, 3.63) is 17.7 Å². The molecule has 2 N–H and O–H groups in total. The Hall–Kier alpha value is -2.97. The van der Waals surface area contributed by atoms with Crippen LogP contribution in [0.1, 0.15) is 50.9 Å². The van der Waals surface area contributed by atoms with Crippen molar-refractivity contribution in [3.8, 4) is 17.2 Å². The summed E-state index contributed by atoms with van der Waals surface area (Å²) < 4.78 is 21.4. The van der Waals surface area contributed by atoms with E-state index in [-0.39, 0.29) is 25.0 Å². The zero-order valence-corrected chi connectivity index (χ0v) is 16.8. The van der Waals surface area contributed by atoms with Crippen LogP contribution in [0.2, 0.25) is 0 Å². The zero-order chi connectivity index (χ0) is 20.9. The van der Waals surface area contributed by atoms with Crippen molar-refractivity contribution in [2.45, 2.75) is 40.5 Å². The van der Waals surface area contributed by atoms with Crippen LogP contribution in [0.15, 0.2) is 12.1 Å². The van der Waals surface area contributed by atoms with E-state index in [1.54, 1.807) is 6.92 Å². The Morgan fingerprint density at radius 1 is 0.786 bits per heavy atom. The number of hydrogen-bond donors (Lipinski definition) is 2. The Labute approximate surface area is 164 Å². The van der Waals surface area contributed by atoms with Crippen molar-refractivity contribution in [2.75, 3.05) is 26.4 Å². The molecule has 0 aliphatic rings. The van der Waals surface area contributed by atoms with E-state index in [1.165, 1.54) is 12.1 Å². The molecule has 0 heterocycles. The fourth-order valence-electron chi connectivity index (χ4n) is 2.23. The SMILES string of the molecule is CCOC(=O)CCC(=O)NNC(=O)c1cc(OCC)c(OCC)c(OCC)c1. The van der Waals surface area contributed by atoms with Gasteiger partial charge in [0.05, 0.1) is 32.8 Å². The van der Waals surface area contributed by atoms with Gasteiger partial charge in [0.25, 0.3) is 5.91 Å². The maximum atomic E-state index is 12.4. The third-order valence-corrected chi connectivity index (χ3v) is 3.35. The molecule has 0 aliphatic heterocycles. The molecule has 1 aromatic rings. The largest absolute Gasteiger partial charge is 0.490 e. The second-order valence-corrected chi connectivity index (χ2v) is 5.41. The van der Waals surface area contributed by atoms with Crippen molar-refractivity contribution in [1.29, 1.82) is 0 Å². The van der Waals surface area contributed by atoms with Gasteiger partial charge in [-0.25, -0.2) is 0 Å². The molecule has 9 heteroatoms. The number of hydrogen-bond acceptors (Lipinski definition) is 7. The number of rotatable bonds is 11. The Morgan fingerprint density at radius 3 is 1.86 bits per heavy atom. The van der Waals surface area contributed by atoms with E-state index in [4.69, 9.17) is 18.9 Å². The molecule has 0 aromatic heterocycles. The van der Waals surface area contributed by atoms with E-state index >= 15 is 0 Å². The highest BCUT2D eigenvalue weighted by atomic mass is 16.5. The fourth-order valence-corrected chi connectivity index (χ4v) is 2.23. The van der Waals surface area contributed by atoms with Gasteiger partial charge in [0.1, 0.15) is 0 Å². The monoisotopic (exact) mass is 396 g/mol. The Balaban J connectivity index is 2.83. The number of carbonyl (C=O) groups excluding carboxylic acids is 3. The van der Waals surface area contributed by atoms with Crippen LogP contribution in [-0.2, 0) is 14.3 Å². The highest BCUT2D eigenvalue weighted by Crippen LogP contribution is 2.39. The van der Waals surface area contributed by atoms with Crippen LogP contribution in [0.4, 0.5) is 0 Å². The molecule has 1 aromatic carbocycles. The average molecular weight is 396 g/mol. The summed E-state index contributed by atoms with van der Waals surface area (Å²) in [5.41, 5.74) is 4.79. The molecule has 2 amide bonds. The summed E-state index contributed by atoms with van der Waals surface area (Å²) in [6.07, 6.45) is -0.168. The van der Waals surface area contributed by atoms with Gasteiger partial charge in [0.15, 0.2) is 11.5 Å². The molecule has 0 atom stereocenters. The van der Waals surface area contributed by atoms with Gasteiger partial charge in [-0.3, -0.25) is 25.2 Å². The van der Waals surface area contributed by atoms with E-state index in [0.29, 0.717) is 37.1 Å². The minimum absolute atomic E-state index is 0.0679. The van der Waals surface area contributed by atoms with Crippen LogP contribution in [0.5, 0.6) is 17.2 Å². The second-order valence-electron chi connectivity index (χ2n) is 5.41. The fraction of sp³-hybridized carbons (Fsp3) is 0.526. The molecule has 0 bridgehead atoms. The van der Waals surface area contributed by atoms with Crippen molar-refractivity contribution in [3.63, 3.8) is 0 Å². The summed E-state index contributed by atoms with van der Waals surface area (Å²) in [6, 6.07) is 3.02. The smallest absolute Gasteiger partial charge is 0.306 e. The first kappa shape index (κ1) is 23.1. The maximum Gasteiger partial charge on any atom is 0.306 e. The molecule has 9 nitrogen and oxygen atoms in total. The van der Waals surface area contributed by atoms with Crippen LogP contribution >= 0.6 is 0 Å². The maximum absolute atomic E-state index is 12.4. The van der Waals surface area contributed by atoms with Gasteiger partial charge < -0.3 is 18.9 Å². The molecular weight excluding hydrogens is 368 g/mol. The number of amides is 2. The molecule has 0 aliphatic carbocycles. The number of benzene rings is 1. The minimum atomic E-state index is -0.561. The molecule has 1 rings (SSSR count). The number of esters is 1. The van der Waals surface area contributed by atoms with Crippen LogP contribution in [0, 0.1) is 0 Å². The summed E-state index contributed by atoms with van der Waals surface area (Å²) in [7, 11) is 0. The minimum Gasteiger partial charge on any atom is -0.490 e. The third-order valence-electron chi connectivity index (χ3n) is 3.35. The molecule has 0 radical (unpaired) electrons. The van der Waals surface area contributed by atoms with E-state index in [2.05, 4.69) is 10.9 Å². The summed E-state index contributed by atoms with van der Waals surface area (Å²) in [5.74, 6) is -0.389. The molecule has 156 valence electrons. The molecule has 0 spiro atoms. The number of nitrogens with one attached hydrogen (secondary N) is 2. The highest BCUT2D eigenvalue weighted by molar-refractivity contribution is 5.96. The first-order valence-corrected chi connectivity index (χ1v) is 9.27. The predicted octanol–water partition coefficient (Wildman–Crippen LogP) is 1.99. The second kappa shape index (κ2) is 12.4. The summed E-state index contributed by atoms with van der Waals surface area (Å²) in [5, 5.41) is 0. The van der Waals surface area contributed by atoms with Crippen LogP contribution in [-0.4, -0.2) is 44.2 Å². The normalized spacial score (nSPS) is 10.0. The van der Waals surface area contributed by atoms with Gasteiger partial charge in [-0.1, -0.05) is 0 Å². The van der Waals surface area contributed by atoms with Crippen molar-refractivity contribution in [1.82, 2.24) is 10.9 Å². The molecule has 28 heavy (non-hydrogen) atoms. The highest BCUT2D eigenvalue weighted by Gasteiger charge is 2.19. The van der Waals surface area contributed by atoms with Crippen molar-refractivity contribution in [2.24, 2.45) is 0 Å². The lowest BCUT2D eigenvalue weighted by atomic mass is 10.1. The molecule has 0 fully saturated rings. The van der Waals surface area contributed by atoms with Crippen molar-refractivity contribution >= 4 is 17.8 Å². The van der Waals surface area contributed by atoms with Gasteiger partial charge in [-0.15, -0.1) is 0 Å². The summed E-state index contributed by atoms with van der Waals surface area (Å²) in [6.45, 7) is 8.54. The predicted molar refractivity (Wildman–Crippen MR) is 101 cm³/mol. The van der Waals surface area contributed by atoms with Gasteiger partial charge in [0.2, 0.25) is 11.7 Å². The zero-order valence-electron chi connectivity index (χ0n) is 16.8. The first-order valence-electron chi connectivity index (χ1n) is 9.27. The number of carbonyl (C=O) groups is 3. The van der Waals surface area contributed by atoms with Gasteiger partial charge in [-0.2, -0.15) is 0 Å². The lowest BCUT2D eigenvalue weighted by molar-refractivity contribution is -0.144. The number of ether oxygens (including phenoxy) is 4. The summed E-state index contributed by atoms with van der Waals surface area (Å²) >= 11 is 0. The molecule has 0 saturated carbocycles. The van der Waals surface area contributed by atoms with Crippen LogP contribution < -0.4 is 25.1 Å². The standard InChI is InChI=1S/C19H28N2O7/c1-5-25-14-11-13(12-15(26-6-2)18(14)28-8-4)19(24)21-20-16(22)9-10-17(23)27-7-3/h11-12H,5-10H2,1-4H3,(H,20,22)(H,21,24). The third kappa shape index (κ3) is 7.34. The van der Waals surface area contributed by atoms with E-state index in [0.717, 1.165) is 0 Å². The van der Waals surface area contributed by atoms with Gasteiger partial charge >= 0.3 is 5.97 Å². The van der Waals surface area contributed by atoms with Crippen LogP contribution in [0.25, 0.3) is 0 Å². The average Bonchev–Trinajstić information content (AvgIpc) is 2.67. The summed E-state index contributed by atoms with van der Waals surface area (Å²) in [4.78, 5) is 35.4. The number of hydrazine groups is 1. The molecular formula is C19H28N2O7. The molecule has 0 saturated heterocycles. The van der Waals surface area contributed by atoms with E-state index < -0.39 is 17.8 Å². The molecule has 0 unspecified atom stereocenters. The van der Waals surface area contributed by atoms with E-state index in [9.17, 15) is 14.4 Å². The van der Waals surface area contributed by atoms with Crippen molar-refractivity contribution < 1.29 is 33.3 Å². The Bertz CT molecular complexity index is 649. The van der Waals surface area contributed by atoms with E-state index in [1.807, 2.05) is 20.8 Å². The van der Waals surface area contributed by atoms with Gasteiger partial charge in [0, 0.05) is 12.0 Å². The van der Waals surface area contributed by atoms with Gasteiger partial charge in [-0.05, 0) is 39.8 Å². The Morgan fingerprint density at radius 2 is 1.36 bits per heavy atom. The lowest BCUT2D eigenvalue weighted by Gasteiger charge is -2.17. The van der Waals surface area contributed by atoms with Crippen LogP contribution in [0.3, 0.4) is 0 Å².